The maximum Gasteiger partial charge on any atom is 0.615 e. The molecule has 0 radical (unpaired) electrons. The minimum absolute atomic E-state index is 0.0105. The average molecular weight is 951 g/mol. The van der Waals surface area contributed by atoms with E-state index in [0.717, 1.165) is 51.4 Å². The topological polar surface area (TPSA) is 222 Å². The summed E-state index contributed by atoms with van der Waals surface area (Å²) in [5.74, 6) is 0. The Morgan fingerprint density at radius 1 is 0.373 bits per heavy atom. The van der Waals surface area contributed by atoms with Crippen LogP contribution in [0.2, 0.25) is 0 Å². The van der Waals surface area contributed by atoms with E-state index in [-0.39, 0.29) is 45.2 Å². The molecular formula is C31H64B12O24. The molecule has 7 unspecified atom stereocenters. The molecule has 7 atom stereocenters. The molecular weight excluding hydrogens is 886 g/mol. The van der Waals surface area contributed by atoms with E-state index in [1.54, 1.807) is 34.6 Å². The van der Waals surface area contributed by atoms with Crippen LogP contribution >= 0.6 is 0 Å². The zero-order valence-corrected chi connectivity index (χ0v) is 40.4. The first kappa shape index (κ1) is 56.1. The minimum Gasteiger partial charge on any atom is -0.400 e. The average Bonchev–Trinajstić information content (AvgIpc) is 3.28. The first-order valence-electron chi connectivity index (χ1n) is 23.9. The quantitative estimate of drug-likeness (QED) is 0.133. The van der Waals surface area contributed by atoms with Crippen LogP contribution in [0.4, 0.5) is 0 Å². The number of unbranched alkanes of at least 4 members (excludes halogenated alkanes) is 6. The van der Waals surface area contributed by atoms with Crippen LogP contribution in [0.3, 0.4) is 0 Å². The second-order valence-electron chi connectivity index (χ2n) is 17.1. The first-order valence-corrected chi connectivity index (χ1v) is 23.9. The molecule has 6 aliphatic heterocycles. The number of fused-ring (bicyclic) bond motifs is 8. The van der Waals surface area contributed by atoms with Crippen LogP contribution in [0, 0.1) is 0 Å². The lowest BCUT2D eigenvalue weighted by Crippen LogP contribution is -2.57. The SMILES string of the molecule is CCCCCCC(C)OB1OB2OCC(C)OB3OB(OCC(C)OB(O2)O1)OB(OCC(C)OB1OB2OCC(C)OB4OB(OCC(C)OB(O2)O1)OB(OC(C)CCCCCC)O4)O3. The van der Waals surface area contributed by atoms with Crippen molar-refractivity contribution in [3.63, 3.8) is 0 Å². The molecule has 36 heteroatoms. The van der Waals surface area contributed by atoms with Gasteiger partial charge >= 0.3 is 87.9 Å². The van der Waals surface area contributed by atoms with Gasteiger partial charge in [-0.15, -0.1) is 0 Å². The van der Waals surface area contributed by atoms with Crippen molar-refractivity contribution >= 4 is 87.9 Å². The predicted molar refractivity (Wildman–Crippen MR) is 243 cm³/mol. The molecule has 0 N–H and O–H groups in total. The fourth-order valence-electron chi connectivity index (χ4n) is 6.76. The van der Waals surface area contributed by atoms with Crippen LogP contribution in [0.5, 0.6) is 0 Å². The Hall–Kier alpha value is -0.181. The van der Waals surface area contributed by atoms with Gasteiger partial charge in [0.1, 0.15) is 0 Å². The lowest BCUT2D eigenvalue weighted by atomic mass is 9.94. The third-order valence-corrected chi connectivity index (χ3v) is 10.3. The van der Waals surface area contributed by atoms with Gasteiger partial charge in [0.15, 0.2) is 0 Å². The summed E-state index contributed by atoms with van der Waals surface area (Å²) in [5.41, 5.74) is 0. The molecule has 0 aromatic heterocycles. The highest BCUT2D eigenvalue weighted by molar-refractivity contribution is 6.69. The maximum absolute atomic E-state index is 6.02. The fraction of sp³-hybridized carbons (Fsp3) is 1.00. The van der Waals surface area contributed by atoms with E-state index >= 15 is 0 Å². The van der Waals surface area contributed by atoms with Crippen LogP contribution in [0.15, 0.2) is 0 Å². The number of hydrogen-bond acceptors (Lipinski definition) is 24. The number of rotatable bonds is 19. The van der Waals surface area contributed by atoms with Gasteiger partial charge in [-0.25, -0.2) is 0 Å². The van der Waals surface area contributed by atoms with Crippen molar-refractivity contribution in [2.24, 2.45) is 0 Å². The zero-order chi connectivity index (χ0) is 47.5. The Morgan fingerprint density at radius 3 is 1.01 bits per heavy atom. The summed E-state index contributed by atoms with van der Waals surface area (Å²) in [6.45, 7) is 16.8. The Bertz CT molecular complexity index is 1360. The molecule has 0 aromatic rings. The minimum atomic E-state index is -1.34. The van der Waals surface area contributed by atoms with E-state index < -0.39 is 118 Å². The van der Waals surface area contributed by atoms with E-state index in [0.29, 0.717) is 0 Å². The van der Waals surface area contributed by atoms with Gasteiger partial charge < -0.3 is 111 Å². The highest BCUT2D eigenvalue weighted by Crippen LogP contribution is 2.22. The van der Waals surface area contributed by atoms with Gasteiger partial charge in [-0.3, -0.25) is 0 Å². The highest BCUT2D eigenvalue weighted by Gasteiger charge is 2.53. The summed E-state index contributed by atoms with van der Waals surface area (Å²) >= 11 is 0. The third-order valence-electron chi connectivity index (χ3n) is 10.3. The lowest BCUT2D eigenvalue weighted by molar-refractivity contribution is -0.0170. The molecule has 0 amide bonds. The van der Waals surface area contributed by atoms with Crippen LogP contribution < -0.4 is 0 Å². The first-order chi connectivity index (χ1) is 32.4. The molecule has 6 aliphatic rings. The van der Waals surface area contributed by atoms with Crippen molar-refractivity contribution in [2.75, 3.05) is 33.0 Å². The molecule has 0 spiro atoms. The number of hydrogen-bond donors (Lipinski definition) is 0. The zero-order valence-electron chi connectivity index (χ0n) is 40.4. The highest BCUT2D eigenvalue weighted by atomic mass is 16.9. The lowest BCUT2D eigenvalue weighted by Gasteiger charge is -2.34. The molecule has 6 saturated heterocycles. The molecule has 0 saturated carbocycles. The molecule has 6 rings (SSSR count). The second-order valence-corrected chi connectivity index (χ2v) is 17.1. The van der Waals surface area contributed by atoms with Crippen LogP contribution in [0.1, 0.15) is 127 Å². The summed E-state index contributed by atoms with van der Waals surface area (Å²) in [5, 5.41) is 0. The van der Waals surface area contributed by atoms with Crippen molar-refractivity contribution in [2.45, 2.75) is 169 Å². The molecule has 368 valence electrons. The molecule has 0 aromatic carbocycles. The van der Waals surface area contributed by atoms with Gasteiger partial charge in [-0.1, -0.05) is 65.2 Å². The van der Waals surface area contributed by atoms with Crippen molar-refractivity contribution in [3.05, 3.63) is 0 Å². The van der Waals surface area contributed by atoms with Gasteiger partial charge in [-0.05, 0) is 61.3 Å². The molecule has 24 nitrogen and oxygen atoms in total. The van der Waals surface area contributed by atoms with Crippen molar-refractivity contribution < 1.29 is 111 Å². The molecule has 8 bridgehead atoms. The predicted octanol–water partition coefficient (Wildman–Crippen LogP) is 1.95. The Kier molecular flexibility index (Phi) is 25.2. The second kappa shape index (κ2) is 30.1. The maximum atomic E-state index is 6.02. The van der Waals surface area contributed by atoms with E-state index in [9.17, 15) is 0 Å². The van der Waals surface area contributed by atoms with Crippen LogP contribution in [0.25, 0.3) is 0 Å². The van der Waals surface area contributed by atoms with Gasteiger partial charge in [0.05, 0.1) is 63.6 Å². The van der Waals surface area contributed by atoms with E-state index in [1.807, 2.05) is 13.8 Å². The Balaban J connectivity index is 0.960. The summed E-state index contributed by atoms with van der Waals surface area (Å²) < 4.78 is 141. The van der Waals surface area contributed by atoms with Crippen LogP contribution in [-0.2, 0) is 111 Å². The summed E-state index contributed by atoms with van der Waals surface area (Å²) in [4.78, 5) is 0. The van der Waals surface area contributed by atoms with E-state index in [4.69, 9.17) is 111 Å². The normalized spacial score (nSPS) is 27.0. The molecule has 6 fully saturated rings. The largest absolute Gasteiger partial charge is 0.615 e. The third kappa shape index (κ3) is 21.1. The molecule has 67 heavy (non-hydrogen) atoms. The summed E-state index contributed by atoms with van der Waals surface area (Å²) in [6.07, 6.45) is 7.24. The van der Waals surface area contributed by atoms with Gasteiger partial charge in [0.25, 0.3) is 0 Å². The Morgan fingerprint density at radius 2 is 0.672 bits per heavy atom. The van der Waals surface area contributed by atoms with Gasteiger partial charge in [0, 0.05) is 12.2 Å². The summed E-state index contributed by atoms with van der Waals surface area (Å²) in [6, 6.07) is 0. The van der Waals surface area contributed by atoms with Crippen molar-refractivity contribution in [1.82, 2.24) is 0 Å². The van der Waals surface area contributed by atoms with E-state index in [2.05, 4.69) is 13.8 Å². The van der Waals surface area contributed by atoms with Gasteiger partial charge in [-0.2, -0.15) is 0 Å². The van der Waals surface area contributed by atoms with Gasteiger partial charge in [0.2, 0.25) is 0 Å². The molecule has 6 heterocycles. The van der Waals surface area contributed by atoms with Crippen molar-refractivity contribution in [1.29, 1.82) is 0 Å². The monoisotopic (exact) mass is 952 g/mol. The fourth-order valence-corrected chi connectivity index (χ4v) is 6.76. The Labute approximate surface area is 400 Å². The van der Waals surface area contributed by atoms with E-state index in [1.165, 1.54) is 12.8 Å². The standard InChI is InChI=1S/C31H64B12O24/c1-10-12-14-16-18-25(3)49-37-59-34-46-22-27(5)51-39-57-32(44-20-28(6)52-40(61-34)65-37)56-33(58-39)45-21-29(7)54-42-63-36-48-24-30(8)53-41-62-35(47-23-31(9)55-43(64-36)67-42)60-38(66-41)50-26(4)19-17-15-13-11-2/h25-31H,10-24H2,1-9H3. The summed E-state index contributed by atoms with van der Waals surface area (Å²) in [7, 11) is -14.8. The van der Waals surface area contributed by atoms with Crippen molar-refractivity contribution in [3.8, 4) is 0 Å². The molecule has 0 aliphatic carbocycles. The van der Waals surface area contributed by atoms with Crippen LogP contribution in [-0.4, -0.2) is 164 Å². The smallest absolute Gasteiger partial charge is 0.400 e.